The molecule has 0 saturated heterocycles. The van der Waals surface area contributed by atoms with Gasteiger partial charge in [0.05, 0.1) is 9.21 Å². The fourth-order valence-corrected chi connectivity index (χ4v) is 2.07. The Hall–Kier alpha value is 0.01000. The van der Waals surface area contributed by atoms with Gasteiger partial charge in [0, 0.05) is 0 Å². The van der Waals surface area contributed by atoms with Crippen molar-refractivity contribution in [3.05, 3.63) is 21.3 Å². The molecular formula is C6H6ClNS2. The summed E-state index contributed by atoms with van der Waals surface area (Å²) in [5.41, 5.74) is 0. The SMILES string of the molecule is CSC(=N)c1ccc(Cl)s1. The quantitative estimate of drug-likeness (QED) is 0.535. The van der Waals surface area contributed by atoms with Crippen molar-refractivity contribution in [2.45, 2.75) is 0 Å². The van der Waals surface area contributed by atoms with Crippen molar-refractivity contribution in [1.82, 2.24) is 0 Å². The van der Waals surface area contributed by atoms with Gasteiger partial charge in [-0.2, -0.15) is 0 Å². The minimum Gasteiger partial charge on any atom is -0.293 e. The summed E-state index contributed by atoms with van der Waals surface area (Å²) in [6.45, 7) is 0. The van der Waals surface area contributed by atoms with E-state index in [-0.39, 0.29) is 0 Å². The summed E-state index contributed by atoms with van der Waals surface area (Å²) in [5.74, 6) is 0. The molecule has 54 valence electrons. The van der Waals surface area contributed by atoms with Crippen molar-refractivity contribution in [1.29, 1.82) is 5.41 Å². The topological polar surface area (TPSA) is 23.9 Å². The molecule has 0 aliphatic carbocycles. The largest absolute Gasteiger partial charge is 0.293 e. The first-order valence-corrected chi connectivity index (χ1v) is 5.04. The summed E-state index contributed by atoms with van der Waals surface area (Å²) >= 11 is 8.54. The Morgan fingerprint density at radius 3 is 2.80 bits per heavy atom. The molecule has 0 aliphatic heterocycles. The molecule has 0 aromatic carbocycles. The van der Waals surface area contributed by atoms with Crippen LogP contribution in [0.1, 0.15) is 4.88 Å². The van der Waals surface area contributed by atoms with Crippen molar-refractivity contribution < 1.29 is 0 Å². The predicted molar refractivity (Wildman–Crippen MR) is 49.7 cm³/mol. The zero-order valence-electron chi connectivity index (χ0n) is 5.35. The highest BCUT2D eigenvalue weighted by molar-refractivity contribution is 8.14. The van der Waals surface area contributed by atoms with Crippen LogP contribution in [0.5, 0.6) is 0 Å². The summed E-state index contributed by atoms with van der Waals surface area (Å²) in [6.07, 6.45) is 1.88. The van der Waals surface area contributed by atoms with Crippen LogP contribution < -0.4 is 0 Å². The van der Waals surface area contributed by atoms with Crippen molar-refractivity contribution in [3.8, 4) is 0 Å². The van der Waals surface area contributed by atoms with Gasteiger partial charge in [-0.3, -0.25) is 5.41 Å². The maximum Gasteiger partial charge on any atom is 0.104 e. The molecule has 0 fully saturated rings. The van der Waals surface area contributed by atoms with Gasteiger partial charge in [0.1, 0.15) is 5.04 Å². The fraction of sp³-hybridized carbons (Fsp3) is 0.167. The molecule has 4 heteroatoms. The molecule has 0 radical (unpaired) electrons. The van der Waals surface area contributed by atoms with Gasteiger partial charge in [0.25, 0.3) is 0 Å². The van der Waals surface area contributed by atoms with E-state index in [0.29, 0.717) is 5.04 Å². The number of hydrogen-bond donors (Lipinski definition) is 1. The van der Waals surface area contributed by atoms with E-state index < -0.39 is 0 Å². The molecular weight excluding hydrogens is 186 g/mol. The molecule has 1 nitrogen and oxygen atoms in total. The van der Waals surface area contributed by atoms with Gasteiger partial charge in [0.15, 0.2) is 0 Å². The first-order chi connectivity index (χ1) is 4.74. The zero-order valence-corrected chi connectivity index (χ0v) is 7.74. The molecule has 1 aromatic heterocycles. The predicted octanol–water partition coefficient (Wildman–Crippen LogP) is 3.09. The number of halogens is 1. The molecule has 0 aliphatic rings. The van der Waals surface area contributed by atoms with Crippen LogP contribution in [0.15, 0.2) is 12.1 Å². The highest BCUT2D eigenvalue weighted by Crippen LogP contribution is 2.23. The van der Waals surface area contributed by atoms with E-state index in [4.69, 9.17) is 17.0 Å². The lowest BCUT2D eigenvalue weighted by Gasteiger charge is -1.90. The molecule has 0 bridgehead atoms. The summed E-state index contributed by atoms with van der Waals surface area (Å²) in [5, 5.41) is 7.99. The minimum absolute atomic E-state index is 0.580. The Bertz CT molecular complexity index is 244. The van der Waals surface area contributed by atoms with Crippen LogP contribution >= 0.6 is 34.7 Å². The Balaban J connectivity index is 2.85. The van der Waals surface area contributed by atoms with Crippen LogP contribution in [0.3, 0.4) is 0 Å². The van der Waals surface area contributed by atoms with Crippen LogP contribution in [0.2, 0.25) is 4.34 Å². The summed E-state index contributed by atoms with van der Waals surface area (Å²) in [4.78, 5) is 0.942. The maximum absolute atomic E-state index is 7.41. The Morgan fingerprint density at radius 1 is 1.70 bits per heavy atom. The van der Waals surface area contributed by atoms with E-state index in [1.165, 1.54) is 23.1 Å². The highest BCUT2D eigenvalue weighted by atomic mass is 35.5. The number of rotatable bonds is 1. The second kappa shape index (κ2) is 3.42. The van der Waals surface area contributed by atoms with Crippen LogP contribution in [-0.4, -0.2) is 11.3 Å². The van der Waals surface area contributed by atoms with Gasteiger partial charge in [-0.05, 0) is 18.4 Å². The van der Waals surface area contributed by atoms with Crippen LogP contribution in [0, 0.1) is 5.41 Å². The van der Waals surface area contributed by atoms with Crippen molar-refractivity contribution in [2.24, 2.45) is 0 Å². The Labute approximate surface area is 72.9 Å². The first kappa shape index (κ1) is 8.11. The zero-order chi connectivity index (χ0) is 7.56. The fourth-order valence-electron chi connectivity index (χ4n) is 0.537. The van der Waals surface area contributed by atoms with E-state index >= 15 is 0 Å². The lowest BCUT2D eigenvalue weighted by atomic mass is 10.5. The average Bonchev–Trinajstić information content (AvgIpc) is 2.34. The van der Waals surface area contributed by atoms with Gasteiger partial charge >= 0.3 is 0 Å². The molecule has 1 rings (SSSR count). The van der Waals surface area contributed by atoms with Crippen LogP contribution in [0.4, 0.5) is 0 Å². The monoisotopic (exact) mass is 191 g/mol. The molecule has 0 atom stereocenters. The summed E-state index contributed by atoms with van der Waals surface area (Å²) < 4.78 is 0.744. The Kier molecular flexibility index (Phi) is 2.77. The van der Waals surface area contributed by atoms with Crippen molar-refractivity contribution in [3.63, 3.8) is 0 Å². The molecule has 0 spiro atoms. The third-order valence-electron chi connectivity index (χ3n) is 1.00. The standard InChI is InChI=1S/C6H6ClNS2/c1-9-6(8)4-2-3-5(7)10-4/h2-3,8H,1H3. The second-order valence-corrected chi connectivity index (χ2v) is 4.17. The van der Waals surface area contributed by atoms with E-state index in [0.717, 1.165) is 9.21 Å². The van der Waals surface area contributed by atoms with E-state index in [1.807, 2.05) is 18.4 Å². The molecule has 0 unspecified atom stereocenters. The second-order valence-electron chi connectivity index (χ2n) is 1.64. The smallest absolute Gasteiger partial charge is 0.104 e. The first-order valence-electron chi connectivity index (χ1n) is 2.62. The van der Waals surface area contributed by atoms with Crippen LogP contribution in [0.25, 0.3) is 0 Å². The highest BCUT2D eigenvalue weighted by Gasteiger charge is 2.01. The number of nitrogens with one attached hydrogen (secondary N) is 1. The van der Waals surface area contributed by atoms with E-state index in [2.05, 4.69) is 0 Å². The number of thiophene rings is 1. The molecule has 1 aromatic rings. The van der Waals surface area contributed by atoms with Gasteiger partial charge < -0.3 is 0 Å². The van der Waals surface area contributed by atoms with Gasteiger partial charge in [-0.25, -0.2) is 0 Å². The van der Waals surface area contributed by atoms with Gasteiger partial charge in [0.2, 0.25) is 0 Å². The average molecular weight is 192 g/mol. The van der Waals surface area contributed by atoms with Crippen LogP contribution in [-0.2, 0) is 0 Å². The lowest BCUT2D eigenvalue weighted by Crippen LogP contribution is -1.84. The number of hydrogen-bond acceptors (Lipinski definition) is 3. The lowest BCUT2D eigenvalue weighted by molar-refractivity contribution is 1.56. The molecule has 10 heavy (non-hydrogen) atoms. The third-order valence-corrected chi connectivity index (χ3v) is 3.01. The van der Waals surface area contributed by atoms with Gasteiger partial charge in [-0.1, -0.05) is 11.6 Å². The molecule has 0 amide bonds. The Morgan fingerprint density at radius 2 is 2.40 bits per heavy atom. The van der Waals surface area contributed by atoms with Crippen molar-refractivity contribution in [2.75, 3.05) is 6.26 Å². The molecule has 1 heterocycles. The normalized spacial score (nSPS) is 9.80. The minimum atomic E-state index is 0.580. The summed E-state index contributed by atoms with van der Waals surface area (Å²) in [7, 11) is 0. The molecule has 1 N–H and O–H groups in total. The maximum atomic E-state index is 7.41. The third kappa shape index (κ3) is 1.75. The molecule has 0 saturated carbocycles. The van der Waals surface area contributed by atoms with E-state index in [9.17, 15) is 0 Å². The number of thioether (sulfide) groups is 1. The van der Waals surface area contributed by atoms with Crippen molar-refractivity contribution >= 4 is 39.7 Å². The van der Waals surface area contributed by atoms with E-state index in [1.54, 1.807) is 0 Å². The summed E-state index contributed by atoms with van der Waals surface area (Å²) in [6, 6.07) is 3.68. The van der Waals surface area contributed by atoms with Gasteiger partial charge in [-0.15, -0.1) is 23.1 Å².